The van der Waals surface area contributed by atoms with Gasteiger partial charge in [0.15, 0.2) is 0 Å². The summed E-state index contributed by atoms with van der Waals surface area (Å²) >= 11 is 0. The van der Waals surface area contributed by atoms with Gasteiger partial charge in [-0.05, 0) is 42.0 Å². The minimum absolute atomic E-state index is 0.281. The van der Waals surface area contributed by atoms with Crippen molar-refractivity contribution < 1.29 is 9.50 Å². The molecule has 4 N–H and O–H groups in total. The largest absolute Gasteiger partial charge is 0.399 e. The molecule has 3 nitrogen and oxygen atoms in total. The molecule has 0 bridgehead atoms. The number of halogens is 1. The van der Waals surface area contributed by atoms with E-state index in [1.54, 1.807) is 30.3 Å². The van der Waals surface area contributed by atoms with Gasteiger partial charge in [-0.1, -0.05) is 12.1 Å². The zero-order valence-electron chi connectivity index (χ0n) is 9.81. The first-order valence-electron chi connectivity index (χ1n) is 5.68. The second kappa shape index (κ2) is 5.51. The average molecular weight is 246 g/mol. The summed E-state index contributed by atoms with van der Waals surface area (Å²) in [5.74, 6) is -0.281. The Bertz CT molecular complexity index is 513. The number of nitrogen functional groups attached to an aromatic ring is 1. The van der Waals surface area contributed by atoms with Gasteiger partial charge in [0.2, 0.25) is 0 Å². The average Bonchev–Trinajstić information content (AvgIpc) is 2.38. The summed E-state index contributed by atoms with van der Waals surface area (Å²) in [5, 5.41) is 13.0. The van der Waals surface area contributed by atoms with Crippen LogP contribution in [-0.4, -0.2) is 11.7 Å². The maximum atomic E-state index is 12.7. The lowest BCUT2D eigenvalue weighted by molar-refractivity contribution is 0.191. The Balaban J connectivity index is 1.96. The molecule has 2 rings (SSSR count). The lowest BCUT2D eigenvalue weighted by atomic mass is 10.1. The Morgan fingerprint density at radius 1 is 1.17 bits per heavy atom. The van der Waals surface area contributed by atoms with Crippen molar-refractivity contribution in [1.82, 2.24) is 0 Å². The van der Waals surface area contributed by atoms with Gasteiger partial charge in [0.05, 0.1) is 6.10 Å². The maximum absolute atomic E-state index is 12.7. The number of nitrogens with two attached hydrogens (primary N) is 1. The van der Waals surface area contributed by atoms with Gasteiger partial charge >= 0.3 is 0 Å². The maximum Gasteiger partial charge on any atom is 0.123 e. The van der Waals surface area contributed by atoms with Crippen LogP contribution >= 0.6 is 0 Å². The first-order chi connectivity index (χ1) is 8.65. The molecule has 1 atom stereocenters. The van der Waals surface area contributed by atoms with Gasteiger partial charge in [0.25, 0.3) is 0 Å². The first-order valence-corrected chi connectivity index (χ1v) is 5.68. The number of aliphatic hydroxyl groups excluding tert-OH is 1. The highest BCUT2D eigenvalue weighted by Crippen LogP contribution is 2.17. The highest BCUT2D eigenvalue weighted by molar-refractivity contribution is 5.44. The lowest BCUT2D eigenvalue weighted by Gasteiger charge is -2.13. The van der Waals surface area contributed by atoms with E-state index in [2.05, 4.69) is 5.32 Å². The van der Waals surface area contributed by atoms with Crippen LogP contribution < -0.4 is 11.1 Å². The zero-order chi connectivity index (χ0) is 13.0. The molecule has 1 unspecified atom stereocenters. The molecule has 4 heteroatoms. The Morgan fingerprint density at radius 2 is 1.89 bits per heavy atom. The lowest BCUT2D eigenvalue weighted by Crippen LogP contribution is -2.12. The van der Waals surface area contributed by atoms with E-state index in [0.717, 1.165) is 11.3 Å². The number of hydrogen-bond acceptors (Lipinski definition) is 3. The van der Waals surface area contributed by atoms with E-state index >= 15 is 0 Å². The van der Waals surface area contributed by atoms with Crippen molar-refractivity contribution in [3.05, 3.63) is 59.9 Å². The van der Waals surface area contributed by atoms with Crippen molar-refractivity contribution in [3.8, 4) is 0 Å². The highest BCUT2D eigenvalue weighted by atomic mass is 19.1. The van der Waals surface area contributed by atoms with E-state index in [-0.39, 0.29) is 5.82 Å². The van der Waals surface area contributed by atoms with E-state index in [0.29, 0.717) is 12.2 Å². The molecule has 0 aliphatic carbocycles. The Hall–Kier alpha value is -2.07. The van der Waals surface area contributed by atoms with Crippen LogP contribution in [0.15, 0.2) is 48.5 Å². The second-order valence-corrected chi connectivity index (χ2v) is 4.07. The van der Waals surface area contributed by atoms with Crippen molar-refractivity contribution in [3.63, 3.8) is 0 Å². The molecule has 18 heavy (non-hydrogen) atoms. The summed E-state index contributed by atoms with van der Waals surface area (Å²) in [4.78, 5) is 0. The quantitative estimate of drug-likeness (QED) is 0.727. The fourth-order valence-electron chi connectivity index (χ4n) is 1.67. The summed E-state index contributed by atoms with van der Waals surface area (Å²) in [5.41, 5.74) is 7.78. The zero-order valence-corrected chi connectivity index (χ0v) is 9.81. The third-order valence-corrected chi connectivity index (χ3v) is 2.64. The number of benzene rings is 2. The number of anilines is 2. The molecule has 0 heterocycles. The topological polar surface area (TPSA) is 58.3 Å². The molecule has 0 fully saturated rings. The van der Waals surface area contributed by atoms with E-state index < -0.39 is 6.10 Å². The van der Waals surface area contributed by atoms with Crippen LogP contribution in [-0.2, 0) is 0 Å². The first kappa shape index (κ1) is 12.4. The minimum Gasteiger partial charge on any atom is -0.399 e. The standard InChI is InChI=1S/C14H15FN2O/c15-11-4-6-13(7-5-11)17-9-14(18)10-2-1-3-12(16)8-10/h1-8,14,17-18H,9,16H2. The van der Waals surface area contributed by atoms with Gasteiger partial charge in [0, 0.05) is 17.9 Å². The summed E-state index contributed by atoms with van der Waals surface area (Å²) in [6, 6.07) is 13.1. The molecule has 0 aliphatic rings. The van der Waals surface area contributed by atoms with Gasteiger partial charge < -0.3 is 16.2 Å². The number of rotatable bonds is 4. The van der Waals surface area contributed by atoms with Crippen LogP contribution in [0.4, 0.5) is 15.8 Å². The van der Waals surface area contributed by atoms with E-state index in [1.807, 2.05) is 6.07 Å². The van der Waals surface area contributed by atoms with Crippen molar-refractivity contribution in [2.45, 2.75) is 6.10 Å². The van der Waals surface area contributed by atoms with Crippen molar-refractivity contribution >= 4 is 11.4 Å². The van der Waals surface area contributed by atoms with Crippen LogP contribution in [0.5, 0.6) is 0 Å². The molecule has 0 saturated heterocycles. The molecule has 0 spiro atoms. The Labute approximate surface area is 105 Å². The molecule has 0 aromatic heterocycles. The van der Waals surface area contributed by atoms with Crippen LogP contribution in [0, 0.1) is 5.82 Å². The second-order valence-electron chi connectivity index (χ2n) is 4.07. The van der Waals surface area contributed by atoms with Crippen LogP contribution in [0.25, 0.3) is 0 Å². The van der Waals surface area contributed by atoms with Crippen molar-refractivity contribution in [2.24, 2.45) is 0 Å². The predicted octanol–water partition coefficient (Wildman–Crippen LogP) is 2.55. The molecular weight excluding hydrogens is 231 g/mol. The molecule has 0 amide bonds. The van der Waals surface area contributed by atoms with Crippen molar-refractivity contribution in [1.29, 1.82) is 0 Å². The van der Waals surface area contributed by atoms with Gasteiger partial charge in [-0.2, -0.15) is 0 Å². The smallest absolute Gasteiger partial charge is 0.123 e. The van der Waals surface area contributed by atoms with Crippen LogP contribution in [0.2, 0.25) is 0 Å². The molecule has 0 saturated carbocycles. The molecular formula is C14H15FN2O. The number of nitrogens with one attached hydrogen (secondary N) is 1. The molecule has 0 aliphatic heterocycles. The van der Waals surface area contributed by atoms with Gasteiger partial charge in [-0.25, -0.2) is 4.39 Å². The molecule has 0 radical (unpaired) electrons. The van der Waals surface area contributed by atoms with Crippen LogP contribution in [0.3, 0.4) is 0 Å². The fraction of sp³-hybridized carbons (Fsp3) is 0.143. The summed E-state index contributed by atoms with van der Waals surface area (Å²) in [6.45, 7) is 0.342. The monoisotopic (exact) mass is 246 g/mol. The van der Waals surface area contributed by atoms with Gasteiger partial charge in [-0.3, -0.25) is 0 Å². The van der Waals surface area contributed by atoms with Gasteiger partial charge in [-0.15, -0.1) is 0 Å². The highest BCUT2D eigenvalue weighted by Gasteiger charge is 2.07. The Morgan fingerprint density at radius 3 is 2.56 bits per heavy atom. The Kier molecular flexibility index (Phi) is 3.79. The fourth-order valence-corrected chi connectivity index (χ4v) is 1.67. The summed E-state index contributed by atoms with van der Waals surface area (Å²) in [6.07, 6.45) is -0.654. The van der Waals surface area contributed by atoms with Crippen LogP contribution in [0.1, 0.15) is 11.7 Å². The van der Waals surface area contributed by atoms with E-state index in [4.69, 9.17) is 5.73 Å². The summed E-state index contributed by atoms with van der Waals surface area (Å²) < 4.78 is 12.7. The molecule has 2 aromatic carbocycles. The van der Waals surface area contributed by atoms with Crippen molar-refractivity contribution in [2.75, 3.05) is 17.6 Å². The molecule has 2 aromatic rings. The summed E-state index contributed by atoms with van der Waals surface area (Å²) in [7, 11) is 0. The number of hydrogen-bond donors (Lipinski definition) is 3. The normalized spacial score (nSPS) is 12.1. The predicted molar refractivity (Wildman–Crippen MR) is 70.7 cm³/mol. The SMILES string of the molecule is Nc1cccc(C(O)CNc2ccc(F)cc2)c1. The van der Waals surface area contributed by atoms with Gasteiger partial charge in [0.1, 0.15) is 5.82 Å². The minimum atomic E-state index is -0.654. The third kappa shape index (κ3) is 3.21. The van der Waals surface area contributed by atoms with E-state index in [1.165, 1.54) is 12.1 Å². The third-order valence-electron chi connectivity index (χ3n) is 2.64. The molecule has 94 valence electrons. The van der Waals surface area contributed by atoms with E-state index in [9.17, 15) is 9.50 Å². The number of aliphatic hydroxyl groups is 1.